The first-order chi connectivity index (χ1) is 5.77. The van der Waals surface area contributed by atoms with E-state index in [9.17, 15) is 4.79 Å². The molecule has 0 saturated heterocycles. The molecule has 0 amide bonds. The van der Waals surface area contributed by atoms with Gasteiger partial charge in [0.1, 0.15) is 0 Å². The van der Waals surface area contributed by atoms with Crippen LogP contribution in [0.1, 0.15) is 29.6 Å². The van der Waals surface area contributed by atoms with Crippen LogP contribution in [0.4, 0.5) is 0 Å². The molecule has 2 rings (SSSR count). The number of hydrogen-bond donors (Lipinski definition) is 0. The number of aromatic nitrogens is 1. The molecule has 0 aromatic carbocycles. The minimum atomic E-state index is 0.326. The van der Waals surface area contributed by atoms with Gasteiger partial charge in [-0.3, -0.25) is 4.79 Å². The van der Waals surface area contributed by atoms with E-state index in [1.165, 1.54) is 6.42 Å². The van der Waals surface area contributed by atoms with Crippen molar-refractivity contribution in [1.29, 1.82) is 0 Å². The predicted octanol–water partition coefficient (Wildman–Crippen LogP) is 2.01. The number of rotatable bonds is 2. The summed E-state index contributed by atoms with van der Waals surface area (Å²) in [5.74, 6) is 0.661. The zero-order valence-electron chi connectivity index (χ0n) is 7.29. The normalized spacial score (nSPS) is 17.4. The predicted molar refractivity (Wildman–Crippen MR) is 47.1 cm³/mol. The number of Topliss-reactive ketones (excluding diaryl/α,β-unsaturated/α-hetero) is 1. The van der Waals surface area contributed by atoms with Gasteiger partial charge in [-0.1, -0.05) is 6.42 Å². The van der Waals surface area contributed by atoms with Crippen molar-refractivity contribution in [2.45, 2.75) is 19.3 Å². The summed E-state index contributed by atoms with van der Waals surface area (Å²) in [6.45, 7) is 0. The van der Waals surface area contributed by atoms with Crippen LogP contribution in [0.2, 0.25) is 0 Å². The highest BCUT2D eigenvalue weighted by atomic mass is 16.1. The van der Waals surface area contributed by atoms with E-state index in [0.29, 0.717) is 11.7 Å². The molecule has 1 aliphatic carbocycles. The van der Waals surface area contributed by atoms with Crippen LogP contribution in [0.25, 0.3) is 0 Å². The Balaban J connectivity index is 2.13. The van der Waals surface area contributed by atoms with Crippen molar-refractivity contribution in [3.63, 3.8) is 0 Å². The lowest BCUT2D eigenvalue weighted by Crippen LogP contribution is -2.21. The topological polar surface area (TPSA) is 22.0 Å². The first kappa shape index (κ1) is 7.59. The Labute approximate surface area is 72.2 Å². The fourth-order valence-corrected chi connectivity index (χ4v) is 1.56. The van der Waals surface area contributed by atoms with E-state index in [1.54, 1.807) is 0 Å². The van der Waals surface area contributed by atoms with Gasteiger partial charge in [-0.05, 0) is 18.9 Å². The highest BCUT2D eigenvalue weighted by Crippen LogP contribution is 2.29. The minimum Gasteiger partial charge on any atom is -0.357 e. The van der Waals surface area contributed by atoms with Gasteiger partial charge >= 0.3 is 0 Å². The van der Waals surface area contributed by atoms with Gasteiger partial charge in [-0.15, -0.1) is 0 Å². The monoisotopic (exact) mass is 163 g/mol. The molecule has 2 nitrogen and oxygen atoms in total. The first-order valence-electron chi connectivity index (χ1n) is 4.43. The van der Waals surface area contributed by atoms with Gasteiger partial charge in [0.25, 0.3) is 0 Å². The molecule has 0 atom stereocenters. The lowest BCUT2D eigenvalue weighted by atomic mass is 9.80. The zero-order valence-corrected chi connectivity index (χ0v) is 7.29. The third kappa shape index (κ3) is 1.17. The van der Waals surface area contributed by atoms with Crippen LogP contribution in [-0.4, -0.2) is 10.4 Å². The molecular weight excluding hydrogens is 150 g/mol. The van der Waals surface area contributed by atoms with Gasteiger partial charge in [0.15, 0.2) is 5.78 Å². The highest BCUT2D eigenvalue weighted by molar-refractivity contribution is 5.98. The van der Waals surface area contributed by atoms with Crippen molar-refractivity contribution in [2.75, 3.05) is 0 Å². The van der Waals surface area contributed by atoms with Crippen molar-refractivity contribution < 1.29 is 4.79 Å². The zero-order chi connectivity index (χ0) is 8.55. The second-order valence-electron chi connectivity index (χ2n) is 3.56. The van der Waals surface area contributed by atoms with Crippen LogP contribution in [0, 0.1) is 5.92 Å². The van der Waals surface area contributed by atoms with Gasteiger partial charge in [-0.25, -0.2) is 0 Å². The standard InChI is InChI=1S/C10H13NO/c1-11-6-5-9(7-11)10(12)8-3-2-4-8/h5-8H,2-4H2,1H3. The van der Waals surface area contributed by atoms with E-state index in [2.05, 4.69) is 0 Å². The van der Waals surface area contributed by atoms with Crippen LogP contribution in [0.15, 0.2) is 18.5 Å². The van der Waals surface area contributed by atoms with Crippen LogP contribution < -0.4 is 0 Å². The van der Waals surface area contributed by atoms with Crippen molar-refractivity contribution in [2.24, 2.45) is 13.0 Å². The lowest BCUT2D eigenvalue weighted by molar-refractivity contribution is 0.0855. The number of carbonyl (C=O) groups is 1. The summed E-state index contributed by atoms with van der Waals surface area (Å²) >= 11 is 0. The number of aryl methyl sites for hydroxylation is 1. The fourth-order valence-electron chi connectivity index (χ4n) is 1.56. The molecular formula is C10H13NO. The average molecular weight is 163 g/mol. The molecule has 64 valence electrons. The molecule has 1 fully saturated rings. The van der Waals surface area contributed by atoms with Crippen LogP contribution in [-0.2, 0) is 7.05 Å². The Morgan fingerprint density at radius 1 is 1.58 bits per heavy atom. The Kier molecular flexibility index (Phi) is 1.75. The number of nitrogens with zero attached hydrogens (tertiary/aromatic N) is 1. The van der Waals surface area contributed by atoms with Crippen molar-refractivity contribution in [3.8, 4) is 0 Å². The maximum atomic E-state index is 11.6. The molecule has 1 heterocycles. The summed E-state index contributed by atoms with van der Waals surface area (Å²) in [6, 6.07) is 1.90. The molecule has 12 heavy (non-hydrogen) atoms. The van der Waals surface area contributed by atoms with Crippen molar-refractivity contribution >= 4 is 5.78 Å². The summed E-state index contributed by atoms with van der Waals surface area (Å²) in [5, 5.41) is 0. The maximum Gasteiger partial charge on any atom is 0.167 e. The van der Waals surface area contributed by atoms with E-state index in [1.807, 2.05) is 30.1 Å². The SMILES string of the molecule is Cn1ccc(C(=O)C2CCC2)c1. The second-order valence-corrected chi connectivity index (χ2v) is 3.56. The number of ketones is 1. The Morgan fingerprint density at radius 3 is 2.75 bits per heavy atom. The fraction of sp³-hybridized carbons (Fsp3) is 0.500. The van der Waals surface area contributed by atoms with E-state index in [4.69, 9.17) is 0 Å². The molecule has 0 radical (unpaired) electrons. The molecule has 1 aromatic rings. The Bertz CT molecular complexity index is 297. The molecule has 0 aliphatic heterocycles. The lowest BCUT2D eigenvalue weighted by Gasteiger charge is -2.23. The van der Waals surface area contributed by atoms with Gasteiger partial charge in [0.05, 0.1) is 0 Å². The Morgan fingerprint density at radius 2 is 2.33 bits per heavy atom. The summed E-state index contributed by atoms with van der Waals surface area (Å²) in [4.78, 5) is 11.6. The third-order valence-electron chi connectivity index (χ3n) is 2.59. The van der Waals surface area contributed by atoms with E-state index in [-0.39, 0.29) is 0 Å². The maximum absolute atomic E-state index is 11.6. The van der Waals surface area contributed by atoms with Gasteiger partial charge < -0.3 is 4.57 Å². The molecule has 0 unspecified atom stereocenters. The molecule has 1 aromatic heterocycles. The van der Waals surface area contributed by atoms with Crippen LogP contribution in [0.3, 0.4) is 0 Å². The van der Waals surface area contributed by atoms with Gasteiger partial charge in [0, 0.05) is 30.9 Å². The second kappa shape index (κ2) is 2.77. The quantitative estimate of drug-likeness (QED) is 0.611. The van der Waals surface area contributed by atoms with Crippen molar-refractivity contribution in [1.82, 2.24) is 4.57 Å². The highest BCUT2D eigenvalue weighted by Gasteiger charge is 2.26. The molecule has 0 N–H and O–H groups in total. The van der Waals surface area contributed by atoms with Gasteiger partial charge in [0.2, 0.25) is 0 Å². The molecule has 2 heteroatoms. The van der Waals surface area contributed by atoms with E-state index in [0.717, 1.165) is 18.4 Å². The first-order valence-corrected chi connectivity index (χ1v) is 4.43. The number of carbonyl (C=O) groups excluding carboxylic acids is 1. The molecule has 1 saturated carbocycles. The molecule has 0 spiro atoms. The largest absolute Gasteiger partial charge is 0.357 e. The number of hydrogen-bond acceptors (Lipinski definition) is 1. The summed E-state index contributed by atoms with van der Waals surface area (Å²) in [5.41, 5.74) is 0.877. The minimum absolute atomic E-state index is 0.326. The summed E-state index contributed by atoms with van der Waals surface area (Å²) in [6.07, 6.45) is 7.23. The summed E-state index contributed by atoms with van der Waals surface area (Å²) < 4.78 is 1.92. The Hall–Kier alpha value is -1.05. The van der Waals surface area contributed by atoms with E-state index >= 15 is 0 Å². The van der Waals surface area contributed by atoms with Crippen LogP contribution >= 0.6 is 0 Å². The summed E-state index contributed by atoms with van der Waals surface area (Å²) in [7, 11) is 1.94. The molecule has 1 aliphatic rings. The third-order valence-corrected chi connectivity index (χ3v) is 2.59. The van der Waals surface area contributed by atoms with Crippen molar-refractivity contribution in [3.05, 3.63) is 24.0 Å². The van der Waals surface area contributed by atoms with Gasteiger partial charge in [-0.2, -0.15) is 0 Å². The smallest absolute Gasteiger partial charge is 0.167 e. The van der Waals surface area contributed by atoms with E-state index < -0.39 is 0 Å². The molecule has 0 bridgehead atoms. The average Bonchev–Trinajstić information content (AvgIpc) is 2.31. The van der Waals surface area contributed by atoms with Crippen LogP contribution in [0.5, 0.6) is 0 Å².